The van der Waals surface area contributed by atoms with Gasteiger partial charge < -0.3 is 10.5 Å². The van der Waals surface area contributed by atoms with Gasteiger partial charge in [-0.1, -0.05) is 18.2 Å². The molecule has 2 aromatic rings. The first kappa shape index (κ1) is 14.1. The first-order valence-corrected chi connectivity index (χ1v) is 7.61. The van der Waals surface area contributed by atoms with Crippen LogP contribution in [-0.2, 0) is 11.8 Å². The molecule has 1 unspecified atom stereocenters. The van der Waals surface area contributed by atoms with E-state index in [1.807, 2.05) is 16.8 Å². The van der Waals surface area contributed by atoms with E-state index in [0.717, 1.165) is 30.9 Å². The Morgan fingerprint density at radius 1 is 1.33 bits per heavy atom. The maximum atomic E-state index is 6.18. The standard InChI is InChI=1S/C17H23N3O/c1-13(2)20-9-7-14(19-20)11-17(12-18)8-10-21-16-6-4-3-5-15(16)17/h3-7,9,13H,8,10-12,18H2,1-2H3. The monoisotopic (exact) mass is 285 g/mol. The minimum Gasteiger partial charge on any atom is -0.493 e. The fourth-order valence-corrected chi connectivity index (χ4v) is 3.10. The van der Waals surface area contributed by atoms with E-state index in [4.69, 9.17) is 15.6 Å². The van der Waals surface area contributed by atoms with Crippen LogP contribution in [0.4, 0.5) is 0 Å². The molecule has 3 rings (SSSR count). The molecule has 4 nitrogen and oxygen atoms in total. The van der Waals surface area contributed by atoms with Crippen LogP contribution in [0.5, 0.6) is 5.75 Å². The molecule has 112 valence electrons. The van der Waals surface area contributed by atoms with E-state index in [1.165, 1.54) is 5.56 Å². The van der Waals surface area contributed by atoms with E-state index in [2.05, 4.69) is 38.2 Å². The number of rotatable bonds is 4. The number of ether oxygens (including phenoxy) is 1. The minimum atomic E-state index is -0.0645. The summed E-state index contributed by atoms with van der Waals surface area (Å²) in [6.07, 6.45) is 3.86. The van der Waals surface area contributed by atoms with Crippen molar-refractivity contribution in [3.8, 4) is 5.75 Å². The number of nitrogens with two attached hydrogens (primary N) is 1. The Kier molecular flexibility index (Phi) is 3.72. The lowest BCUT2D eigenvalue weighted by Crippen LogP contribution is -2.41. The minimum absolute atomic E-state index is 0.0645. The van der Waals surface area contributed by atoms with E-state index in [0.29, 0.717) is 12.6 Å². The van der Waals surface area contributed by atoms with Crippen LogP contribution >= 0.6 is 0 Å². The van der Waals surface area contributed by atoms with E-state index < -0.39 is 0 Å². The number of fused-ring (bicyclic) bond motifs is 1. The summed E-state index contributed by atoms with van der Waals surface area (Å²) in [6.45, 7) is 5.61. The van der Waals surface area contributed by atoms with Crippen LogP contribution in [0.25, 0.3) is 0 Å². The third kappa shape index (κ3) is 2.56. The van der Waals surface area contributed by atoms with Crippen molar-refractivity contribution in [2.45, 2.75) is 38.1 Å². The average Bonchev–Trinajstić information content (AvgIpc) is 2.96. The Balaban J connectivity index is 1.94. The molecule has 0 radical (unpaired) electrons. The molecule has 1 aromatic heterocycles. The molecular weight excluding hydrogens is 262 g/mol. The second kappa shape index (κ2) is 5.53. The molecule has 2 N–H and O–H groups in total. The first-order chi connectivity index (χ1) is 10.1. The lowest BCUT2D eigenvalue weighted by molar-refractivity contribution is 0.214. The van der Waals surface area contributed by atoms with Crippen molar-refractivity contribution in [1.29, 1.82) is 0 Å². The molecule has 1 aliphatic rings. The largest absolute Gasteiger partial charge is 0.493 e. The smallest absolute Gasteiger partial charge is 0.123 e. The van der Waals surface area contributed by atoms with Crippen LogP contribution in [0.3, 0.4) is 0 Å². The van der Waals surface area contributed by atoms with Crippen molar-refractivity contribution in [1.82, 2.24) is 9.78 Å². The van der Waals surface area contributed by atoms with E-state index in [9.17, 15) is 0 Å². The molecule has 0 amide bonds. The van der Waals surface area contributed by atoms with Gasteiger partial charge in [-0.15, -0.1) is 0 Å². The maximum Gasteiger partial charge on any atom is 0.123 e. The van der Waals surface area contributed by atoms with Crippen LogP contribution in [0.15, 0.2) is 36.5 Å². The lowest BCUT2D eigenvalue weighted by Gasteiger charge is -2.37. The SMILES string of the molecule is CC(C)n1ccc(CC2(CN)CCOc3ccccc32)n1. The number of aromatic nitrogens is 2. The average molecular weight is 285 g/mol. The number of hydrogen-bond acceptors (Lipinski definition) is 3. The maximum absolute atomic E-state index is 6.18. The molecule has 0 saturated heterocycles. The van der Waals surface area contributed by atoms with Gasteiger partial charge in [0, 0.05) is 36.2 Å². The predicted octanol–water partition coefficient (Wildman–Crippen LogP) is 2.69. The second-order valence-corrected chi connectivity index (χ2v) is 6.14. The molecule has 2 heterocycles. The molecule has 0 bridgehead atoms. The molecule has 0 saturated carbocycles. The van der Waals surface area contributed by atoms with Crippen LogP contribution in [0.1, 0.15) is 37.6 Å². The molecule has 0 aliphatic carbocycles. The third-order valence-corrected chi connectivity index (χ3v) is 4.40. The van der Waals surface area contributed by atoms with Gasteiger partial charge in [-0.05, 0) is 32.4 Å². The summed E-state index contributed by atoms with van der Waals surface area (Å²) in [5.41, 5.74) is 8.44. The van der Waals surface area contributed by atoms with Crippen LogP contribution < -0.4 is 10.5 Å². The van der Waals surface area contributed by atoms with Gasteiger partial charge in [0.15, 0.2) is 0 Å². The summed E-state index contributed by atoms with van der Waals surface area (Å²) in [4.78, 5) is 0. The number of hydrogen-bond donors (Lipinski definition) is 1. The summed E-state index contributed by atoms with van der Waals surface area (Å²) in [7, 11) is 0. The highest BCUT2D eigenvalue weighted by atomic mass is 16.5. The molecule has 4 heteroatoms. The Morgan fingerprint density at radius 2 is 2.14 bits per heavy atom. The van der Waals surface area contributed by atoms with Crippen molar-refractivity contribution >= 4 is 0 Å². The summed E-state index contributed by atoms with van der Waals surface area (Å²) < 4.78 is 7.79. The second-order valence-electron chi connectivity index (χ2n) is 6.14. The van der Waals surface area contributed by atoms with E-state index in [-0.39, 0.29) is 5.41 Å². The molecule has 1 atom stereocenters. The predicted molar refractivity (Wildman–Crippen MR) is 83.6 cm³/mol. The van der Waals surface area contributed by atoms with Crippen LogP contribution in [0.2, 0.25) is 0 Å². The van der Waals surface area contributed by atoms with Crippen LogP contribution in [-0.4, -0.2) is 22.9 Å². The quantitative estimate of drug-likeness (QED) is 0.939. The zero-order chi connectivity index (χ0) is 14.9. The molecule has 1 aliphatic heterocycles. The zero-order valence-corrected chi connectivity index (χ0v) is 12.7. The van der Waals surface area contributed by atoms with Gasteiger partial charge in [-0.3, -0.25) is 4.68 Å². The van der Waals surface area contributed by atoms with Crippen molar-refractivity contribution in [3.63, 3.8) is 0 Å². The molecule has 0 spiro atoms. The molecular formula is C17H23N3O. The van der Waals surface area contributed by atoms with Gasteiger partial charge in [0.25, 0.3) is 0 Å². The number of benzene rings is 1. The van der Waals surface area contributed by atoms with E-state index >= 15 is 0 Å². The van der Waals surface area contributed by atoms with Crippen molar-refractivity contribution in [2.24, 2.45) is 5.73 Å². The van der Waals surface area contributed by atoms with Crippen molar-refractivity contribution in [3.05, 3.63) is 47.8 Å². The molecule has 0 fully saturated rings. The molecule has 21 heavy (non-hydrogen) atoms. The number of nitrogens with zero attached hydrogens (tertiary/aromatic N) is 2. The summed E-state index contributed by atoms with van der Waals surface area (Å²) in [5.74, 6) is 0.970. The Hall–Kier alpha value is -1.81. The first-order valence-electron chi connectivity index (χ1n) is 7.61. The fraction of sp³-hybridized carbons (Fsp3) is 0.471. The van der Waals surface area contributed by atoms with E-state index in [1.54, 1.807) is 0 Å². The topological polar surface area (TPSA) is 53.1 Å². The molecule has 1 aromatic carbocycles. The fourth-order valence-electron chi connectivity index (χ4n) is 3.10. The van der Waals surface area contributed by atoms with Crippen molar-refractivity contribution < 1.29 is 4.74 Å². The summed E-state index contributed by atoms with van der Waals surface area (Å²) >= 11 is 0. The third-order valence-electron chi connectivity index (χ3n) is 4.40. The Bertz CT molecular complexity index is 620. The highest BCUT2D eigenvalue weighted by Crippen LogP contribution is 2.40. The summed E-state index contributed by atoms with van der Waals surface area (Å²) in [5, 5.41) is 4.69. The van der Waals surface area contributed by atoms with Gasteiger partial charge in [-0.2, -0.15) is 5.10 Å². The number of para-hydroxylation sites is 1. The van der Waals surface area contributed by atoms with Gasteiger partial charge in [-0.25, -0.2) is 0 Å². The van der Waals surface area contributed by atoms with Crippen molar-refractivity contribution in [2.75, 3.05) is 13.2 Å². The van der Waals surface area contributed by atoms with Gasteiger partial charge in [0.05, 0.1) is 12.3 Å². The van der Waals surface area contributed by atoms with Crippen LogP contribution in [0, 0.1) is 0 Å². The normalized spacial score (nSPS) is 21.1. The zero-order valence-electron chi connectivity index (χ0n) is 12.7. The van der Waals surface area contributed by atoms with Gasteiger partial charge >= 0.3 is 0 Å². The highest BCUT2D eigenvalue weighted by Gasteiger charge is 2.37. The van der Waals surface area contributed by atoms with Gasteiger partial charge in [0.2, 0.25) is 0 Å². The highest BCUT2D eigenvalue weighted by molar-refractivity contribution is 5.42. The lowest BCUT2D eigenvalue weighted by atomic mass is 9.73. The van der Waals surface area contributed by atoms with Gasteiger partial charge in [0.1, 0.15) is 5.75 Å². The Labute approximate surface area is 125 Å². The Morgan fingerprint density at radius 3 is 2.86 bits per heavy atom. The summed E-state index contributed by atoms with van der Waals surface area (Å²) in [6, 6.07) is 10.7.